The molecule has 3 fully saturated rings. The molecule has 5 heteroatoms. The van der Waals surface area contributed by atoms with E-state index in [1.54, 1.807) is 0 Å². The quantitative estimate of drug-likeness (QED) is 0.801. The summed E-state index contributed by atoms with van der Waals surface area (Å²) in [5.74, 6) is 1.08. The van der Waals surface area contributed by atoms with Crippen LogP contribution in [0.1, 0.15) is 39.0 Å². The van der Waals surface area contributed by atoms with Gasteiger partial charge < -0.3 is 10.6 Å². The molecule has 1 unspecified atom stereocenters. The number of nitrogens with zero attached hydrogens (tertiary/aromatic N) is 2. The lowest BCUT2D eigenvalue weighted by atomic mass is 9.87. The molecule has 3 aliphatic rings. The number of carbonyl (C=O) groups is 1. The van der Waals surface area contributed by atoms with Gasteiger partial charge in [0, 0.05) is 51.4 Å². The first-order valence-electron chi connectivity index (χ1n) is 9.17. The van der Waals surface area contributed by atoms with E-state index in [1.807, 2.05) is 0 Å². The van der Waals surface area contributed by atoms with Crippen LogP contribution < -0.4 is 10.6 Å². The maximum Gasteiger partial charge on any atom is 0.234 e. The van der Waals surface area contributed by atoms with Crippen molar-refractivity contribution in [3.05, 3.63) is 0 Å². The number of carbonyl (C=O) groups excluding carboxylic acids is 1. The summed E-state index contributed by atoms with van der Waals surface area (Å²) in [4.78, 5) is 17.2. The summed E-state index contributed by atoms with van der Waals surface area (Å²) in [7, 11) is 0. The van der Waals surface area contributed by atoms with Crippen molar-refractivity contribution in [3.63, 3.8) is 0 Å². The predicted molar refractivity (Wildman–Crippen MR) is 88.9 cm³/mol. The third-order valence-corrected chi connectivity index (χ3v) is 5.66. The molecule has 22 heavy (non-hydrogen) atoms. The van der Waals surface area contributed by atoms with E-state index in [4.69, 9.17) is 0 Å². The SMILES string of the molecule is CC1CCC(NC(=O)CN2CCC(N3CCNCC3)C2)CC1. The van der Waals surface area contributed by atoms with Crippen molar-refractivity contribution in [1.29, 1.82) is 0 Å². The topological polar surface area (TPSA) is 47.6 Å². The molecule has 2 N–H and O–H groups in total. The van der Waals surface area contributed by atoms with Crippen molar-refractivity contribution >= 4 is 5.91 Å². The molecule has 1 atom stereocenters. The average Bonchev–Trinajstić information content (AvgIpc) is 2.99. The van der Waals surface area contributed by atoms with Gasteiger partial charge in [0.05, 0.1) is 6.54 Å². The minimum Gasteiger partial charge on any atom is -0.352 e. The highest BCUT2D eigenvalue weighted by molar-refractivity contribution is 5.78. The molecular weight excluding hydrogens is 276 g/mol. The molecule has 1 saturated carbocycles. The third-order valence-electron chi connectivity index (χ3n) is 5.66. The van der Waals surface area contributed by atoms with Gasteiger partial charge in [0.15, 0.2) is 0 Å². The maximum atomic E-state index is 12.3. The van der Waals surface area contributed by atoms with E-state index in [1.165, 1.54) is 19.3 Å². The van der Waals surface area contributed by atoms with Crippen molar-refractivity contribution in [2.24, 2.45) is 5.92 Å². The van der Waals surface area contributed by atoms with E-state index in [0.717, 1.165) is 58.0 Å². The summed E-state index contributed by atoms with van der Waals surface area (Å²) >= 11 is 0. The van der Waals surface area contributed by atoms with Crippen molar-refractivity contribution in [3.8, 4) is 0 Å². The highest BCUT2D eigenvalue weighted by atomic mass is 16.2. The van der Waals surface area contributed by atoms with Gasteiger partial charge in [0.2, 0.25) is 5.91 Å². The Kier molecular flexibility index (Phi) is 5.71. The van der Waals surface area contributed by atoms with Crippen molar-refractivity contribution < 1.29 is 4.79 Å². The Morgan fingerprint density at radius 2 is 1.82 bits per heavy atom. The van der Waals surface area contributed by atoms with Gasteiger partial charge in [-0.05, 0) is 38.0 Å². The fourth-order valence-electron chi connectivity index (χ4n) is 4.18. The molecule has 0 bridgehead atoms. The molecule has 0 radical (unpaired) electrons. The Morgan fingerprint density at radius 3 is 2.55 bits per heavy atom. The van der Waals surface area contributed by atoms with E-state index in [-0.39, 0.29) is 5.91 Å². The highest BCUT2D eigenvalue weighted by Gasteiger charge is 2.29. The number of rotatable bonds is 4. The minimum absolute atomic E-state index is 0.237. The van der Waals surface area contributed by atoms with Gasteiger partial charge in [-0.1, -0.05) is 6.92 Å². The zero-order valence-corrected chi connectivity index (χ0v) is 14.0. The Labute approximate surface area is 134 Å². The van der Waals surface area contributed by atoms with Crippen LogP contribution in [0.3, 0.4) is 0 Å². The zero-order valence-electron chi connectivity index (χ0n) is 14.0. The standard InChI is InChI=1S/C17H32N4O/c1-14-2-4-15(5-3-14)19-17(22)13-20-9-6-16(12-20)21-10-7-18-8-11-21/h14-16,18H,2-13H2,1H3,(H,19,22). The van der Waals surface area contributed by atoms with Crippen LogP contribution in [-0.4, -0.2) is 73.6 Å². The molecule has 0 spiro atoms. The summed E-state index contributed by atoms with van der Waals surface area (Å²) in [5, 5.41) is 6.67. The second-order valence-corrected chi connectivity index (χ2v) is 7.49. The van der Waals surface area contributed by atoms with E-state index in [0.29, 0.717) is 18.6 Å². The molecule has 2 aliphatic heterocycles. The largest absolute Gasteiger partial charge is 0.352 e. The van der Waals surface area contributed by atoms with Crippen LogP contribution in [0.15, 0.2) is 0 Å². The van der Waals surface area contributed by atoms with E-state index in [9.17, 15) is 4.79 Å². The normalized spacial score (nSPS) is 34.7. The van der Waals surface area contributed by atoms with Crippen molar-refractivity contribution in [2.75, 3.05) is 45.8 Å². The molecule has 1 aliphatic carbocycles. The lowest BCUT2D eigenvalue weighted by Crippen LogP contribution is -2.49. The predicted octanol–water partition coefficient (Wildman–Crippen LogP) is 0.661. The number of likely N-dealkylation sites (tertiary alicyclic amines) is 1. The highest BCUT2D eigenvalue weighted by Crippen LogP contribution is 2.23. The molecule has 2 saturated heterocycles. The Bertz CT molecular complexity index is 362. The second-order valence-electron chi connectivity index (χ2n) is 7.49. The number of hydrogen-bond acceptors (Lipinski definition) is 4. The van der Waals surface area contributed by atoms with E-state index >= 15 is 0 Å². The summed E-state index contributed by atoms with van der Waals surface area (Å²) in [6.45, 7) is 9.58. The van der Waals surface area contributed by atoms with Gasteiger partial charge in [0.1, 0.15) is 0 Å². The van der Waals surface area contributed by atoms with Crippen molar-refractivity contribution in [1.82, 2.24) is 20.4 Å². The van der Waals surface area contributed by atoms with Gasteiger partial charge in [-0.3, -0.25) is 14.6 Å². The van der Waals surface area contributed by atoms with E-state index in [2.05, 4.69) is 27.4 Å². The fourth-order valence-corrected chi connectivity index (χ4v) is 4.18. The number of piperazine rings is 1. The van der Waals surface area contributed by atoms with Crippen LogP contribution >= 0.6 is 0 Å². The average molecular weight is 308 g/mol. The lowest BCUT2D eigenvalue weighted by molar-refractivity contribution is -0.123. The van der Waals surface area contributed by atoms with Crippen LogP contribution in [0, 0.1) is 5.92 Å². The second kappa shape index (κ2) is 7.75. The number of amides is 1. The summed E-state index contributed by atoms with van der Waals surface area (Å²) in [6, 6.07) is 1.08. The van der Waals surface area contributed by atoms with Gasteiger partial charge in [-0.2, -0.15) is 0 Å². The summed E-state index contributed by atoms with van der Waals surface area (Å²) in [6.07, 6.45) is 6.07. The van der Waals surface area contributed by atoms with Crippen LogP contribution in [-0.2, 0) is 4.79 Å². The summed E-state index contributed by atoms with van der Waals surface area (Å²) in [5.41, 5.74) is 0. The lowest BCUT2D eigenvalue weighted by Gasteiger charge is -2.32. The van der Waals surface area contributed by atoms with Crippen molar-refractivity contribution in [2.45, 2.75) is 51.1 Å². The molecule has 0 aromatic heterocycles. The monoisotopic (exact) mass is 308 g/mol. The minimum atomic E-state index is 0.237. The molecule has 2 heterocycles. The number of nitrogens with one attached hydrogen (secondary N) is 2. The Hall–Kier alpha value is -0.650. The molecular formula is C17H32N4O. The maximum absolute atomic E-state index is 12.3. The summed E-state index contributed by atoms with van der Waals surface area (Å²) < 4.78 is 0. The zero-order chi connectivity index (χ0) is 15.4. The van der Waals surface area contributed by atoms with Gasteiger partial charge in [-0.25, -0.2) is 0 Å². The van der Waals surface area contributed by atoms with Crippen LogP contribution in [0.4, 0.5) is 0 Å². The van der Waals surface area contributed by atoms with Crippen LogP contribution in [0.5, 0.6) is 0 Å². The molecule has 1 amide bonds. The fraction of sp³-hybridized carbons (Fsp3) is 0.941. The van der Waals surface area contributed by atoms with Crippen LogP contribution in [0.25, 0.3) is 0 Å². The molecule has 0 aromatic rings. The van der Waals surface area contributed by atoms with Gasteiger partial charge >= 0.3 is 0 Å². The molecule has 126 valence electrons. The molecule has 0 aromatic carbocycles. The Morgan fingerprint density at radius 1 is 1.09 bits per heavy atom. The first-order valence-corrected chi connectivity index (χ1v) is 9.17. The van der Waals surface area contributed by atoms with Gasteiger partial charge in [-0.15, -0.1) is 0 Å². The first kappa shape index (κ1) is 16.2. The first-order chi connectivity index (χ1) is 10.7. The molecule has 5 nitrogen and oxygen atoms in total. The third kappa shape index (κ3) is 4.43. The molecule has 3 rings (SSSR count). The Balaban J connectivity index is 1.37. The van der Waals surface area contributed by atoms with Crippen LogP contribution in [0.2, 0.25) is 0 Å². The van der Waals surface area contributed by atoms with E-state index < -0.39 is 0 Å². The van der Waals surface area contributed by atoms with Gasteiger partial charge in [0.25, 0.3) is 0 Å². The number of hydrogen-bond donors (Lipinski definition) is 2. The smallest absolute Gasteiger partial charge is 0.234 e.